The van der Waals surface area contributed by atoms with E-state index in [0.717, 1.165) is 12.2 Å². The second-order valence-corrected chi connectivity index (χ2v) is 4.54. The van der Waals surface area contributed by atoms with Crippen molar-refractivity contribution in [2.75, 3.05) is 34.9 Å². The first kappa shape index (κ1) is 14.7. The second kappa shape index (κ2) is 7.18. The van der Waals surface area contributed by atoms with Gasteiger partial charge in [0.1, 0.15) is 0 Å². The van der Waals surface area contributed by atoms with Crippen LogP contribution in [0.15, 0.2) is 12.3 Å². The minimum Gasteiger partial charge on any atom is -0.493 e. The summed E-state index contributed by atoms with van der Waals surface area (Å²) in [5.41, 5.74) is 0.863. The van der Waals surface area contributed by atoms with Gasteiger partial charge >= 0.3 is 0 Å². The fourth-order valence-corrected chi connectivity index (χ4v) is 1.86. The molecule has 1 rings (SSSR count). The van der Waals surface area contributed by atoms with Crippen molar-refractivity contribution < 1.29 is 9.47 Å². The molecule has 0 fully saturated rings. The Morgan fingerprint density at radius 2 is 2.06 bits per heavy atom. The number of pyridine rings is 1. The van der Waals surface area contributed by atoms with Gasteiger partial charge in [0.15, 0.2) is 11.5 Å². The quantitative estimate of drug-likeness (QED) is 0.789. The van der Waals surface area contributed by atoms with Crippen molar-refractivity contribution in [1.29, 1.82) is 0 Å². The summed E-state index contributed by atoms with van der Waals surface area (Å²) in [6, 6.07) is 2.18. The predicted octanol–water partition coefficient (Wildman–Crippen LogP) is 1.14. The van der Waals surface area contributed by atoms with E-state index in [1.54, 1.807) is 26.5 Å². The van der Waals surface area contributed by atoms with Crippen molar-refractivity contribution in [2.24, 2.45) is 0 Å². The summed E-state index contributed by atoms with van der Waals surface area (Å²) in [6.07, 6.45) is 1.73. The normalized spacial score (nSPS) is 12.6. The number of methoxy groups -OCH3 is 2. The fourth-order valence-electron chi connectivity index (χ4n) is 1.86. The molecule has 0 spiro atoms. The van der Waals surface area contributed by atoms with Gasteiger partial charge in [-0.2, -0.15) is 0 Å². The second-order valence-electron chi connectivity index (χ2n) is 4.54. The van der Waals surface area contributed by atoms with Gasteiger partial charge in [-0.25, -0.2) is 0 Å². The highest BCUT2D eigenvalue weighted by molar-refractivity contribution is 5.42. The molecule has 0 saturated heterocycles. The van der Waals surface area contributed by atoms with Crippen LogP contribution in [0.5, 0.6) is 11.5 Å². The van der Waals surface area contributed by atoms with E-state index >= 15 is 0 Å². The van der Waals surface area contributed by atoms with Crippen molar-refractivity contribution in [3.8, 4) is 11.5 Å². The van der Waals surface area contributed by atoms with E-state index < -0.39 is 0 Å². The lowest BCUT2D eigenvalue weighted by atomic mass is 10.2. The molecule has 102 valence electrons. The Balaban J connectivity index is 2.67. The maximum atomic E-state index is 5.34. The molecule has 0 amide bonds. The molecule has 1 unspecified atom stereocenters. The summed E-state index contributed by atoms with van der Waals surface area (Å²) in [5.74, 6) is 1.41. The summed E-state index contributed by atoms with van der Waals surface area (Å²) in [6.45, 7) is 3.79. The van der Waals surface area contributed by atoms with Gasteiger partial charge in [0.2, 0.25) is 0 Å². The van der Waals surface area contributed by atoms with Crippen LogP contribution in [0.2, 0.25) is 0 Å². The maximum absolute atomic E-state index is 5.34. The van der Waals surface area contributed by atoms with Gasteiger partial charge in [0.25, 0.3) is 0 Å². The Morgan fingerprint density at radius 3 is 2.61 bits per heavy atom. The lowest BCUT2D eigenvalue weighted by Gasteiger charge is -2.19. The number of rotatable bonds is 7. The minimum atomic E-state index is 0.387. The Bertz CT molecular complexity index is 369. The number of ether oxygens (including phenoxy) is 2. The average Bonchev–Trinajstić information content (AvgIpc) is 2.34. The molecule has 1 atom stereocenters. The summed E-state index contributed by atoms with van der Waals surface area (Å²) in [4.78, 5) is 6.47. The van der Waals surface area contributed by atoms with Crippen LogP contribution in [0, 0.1) is 0 Å². The van der Waals surface area contributed by atoms with Crippen LogP contribution in [0.1, 0.15) is 12.6 Å². The van der Waals surface area contributed by atoms with Crippen molar-refractivity contribution >= 4 is 0 Å². The van der Waals surface area contributed by atoms with Crippen molar-refractivity contribution in [3.05, 3.63) is 18.0 Å². The number of nitrogens with zero attached hydrogens (tertiary/aromatic N) is 2. The molecule has 5 nitrogen and oxygen atoms in total. The smallest absolute Gasteiger partial charge is 0.183 e. The predicted molar refractivity (Wildman–Crippen MR) is 72.2 cm³/mol. The topological polar surface area (TPSA) is 46.6 Å². The Hall–Kier alpha value is -1.33. The molecular weight excluding hydrogens is 230 g/mol. The zero-order chi connectivity index (χ0) is 13.5. The molecule has 0 aliphatic carbocycles. The van der Waals surface area contributed by atoms with E-state index in [4.69, 9.17) is 9.47 Å². The Kier molecular flexibility index (Phi) is 5.88. The third-order valence-electron chi connectivity index (χ3n) is 2.62. The van der Waals surface area contributed by atoms with Crippen molar-refractivity contribution in [2.45, 2.75) is 19.5 Å². The van der Waals surface area contributed by atoms with Crippen LogP contribution in [0.25, 0.3) is 0 Å². The molecule has 1 N–H and O–H groups in total. The molecule has 1 aromatic heterocycles. The highest BCUT2D eigenvalue weighted by atomic mass is 16.5. The molecule has 0 bridgehead atoms. The molecule has 0 aromatic carbocycles. The zero-order valence-electron chi connectivity index (χ0n) is 11.9. The average molecular weight is 253 g/mol. The summed E-state index contributed by atoms with van der Waals surface area (Å²) < 4.78 is 10.6. The van der Waals surface area contributed by atoms with Gasteiger partial charge in [0.05, 0.1) is 19.9 Å². The lowest BCUT2D eigenvalue weighted by molar-refractivity contribution is 0.336. The monoisotopic (exact) mass is 253 g/mol. The lowest BCUT2D eigenvalue weighted by Crippen LogP contribution is -2.35. The molecule has 0 aliphatic rings. The molecular formula is C13H23N3O2. The van der Waals surface area contributed by atoms with Crippen LogP contribution in [0.4, 0.5) is 0 Å². The van der Waals surface area contributed by atoms with Gasteiger partial charge in [-0.1, -0.05) is 0 Å². The fraction of sp³-hybridized carbons (Fsp3) is 0.615. The van der Waals surface area contributed by atoms with E-state index in [-0.39, 0.29) is 0 Å². The van der Waals surface area contributed by atoms with Gasteiger partial charge in [-0.05, 0) is 21.0 Å². The number of hydrogen-bond acceptors (Lipinski definition) is 5. The van der Waals surface area contributed by atoms with E-state index in [1.807, 2.05) is 0 Å². The highest BCUT2D eigenvalue weighted by Crippen LogP contribution is 2.28. The minimum absolute atomic E-state index is 0.387. The zero-order valence-corrected chi connectivity index (χ0v) is 11.9. The van der Waals surface area contributed by atoms with Gasteiger partial charge in [-0.15, -0.1) is 0 Å². The van der Waals surface area contributed by atoms with Gasteiger partial charge < -0.3 is 19.7 Å². The van der Waals surface area contributed by atoms with Crippen LogP contribution in [-0.2, 0) is 6.54 Å². The highest BCUT2D eigenvalue weighted by Gasteiger charge is 2.12. The molecule has 0 radical (unpaired) electrons. The summed E-state index contributed by atoms with van der Waals surface area (Å²) in [5, 5.41) is 3.42. The standard InChI is InChI=1S/C13H23N3O2/c1-10(9-16(2)3)15-8-11-13(18-5)12(17-4)6-7-14-11/h6-7,10,15H,8-9H2,1-5H3. The summed E-state index contributed by atoms with van der Waals surface area (Å²) in [7, 11) is 7.38. The Morgan fingerprint density at radius 1 is 1.33 bits per heavy atom. The number of likely N-dealkylation sites (N-methyl/N-ethyl adjacent to an activating group) is 1. The van der Waals surface area contributed by atoms with E-state index in [9.17, 15) is 0 Å². The van der Waals surface area contributed by atoms with E-state index in [0.29, 0.717) is 24.1 Å². The van der Waals surface area contributed by atoms with Crippen LogP contribution in [-0.4, -0.2) is 50.8 Å². The largest absolute Gasteiger partial charge is 0.493 e. The van der Waals surface area contributed by atoms with Crippen molar-refractivity contribution in [3.63, 3.8) is 0 Å². The maximum Gasteiger partial charge on any atom is 0.183 e. The molecule has 0 saturated carbocycles. The van der Waals surface area contributed by atoms with Crippen LogP contribution in [0.3, 0.4) is 0 Å². The first-order valence-corrected chi connectivity index (χ1v) is 6.02. The first-order chi connectivity index (χ1) is 8.58. The van der Waals surface area contributed by atoms with E-state index in [1.165, 1.54) is 0 Å². The van der Waals surface area contributed by atoms with Gasteiger partial charge in [-0.3, -0.25) is 4.98 Å². The van der Waals surface area contributed by atoms with Crippen LogP contribution >= 0.6 is 0 Å². The molecule has 5 heteroatoms. The Labute approximate surface area is 109 Å². The number of nitrogens with one attached hydrogen (secondary N) is 1. The molecule has 1 aromatic rings. The van der Waals surface area contributed by atoms with Crippen LogP contribution < -0.4 is 14.8 Å². The molecule has 1 heterocycles. The molecule has 18 heavy (non-hydrogen) atoms. The first-order valence-electron chi connectivity index (χ1n) is 6.02. The number of aromatic nitrogens is 1. The number of hydrogen-bond donors (Lipinski definition) is 1. The third-order valence-corrected chi connectivity index (χ3v) is 2.62. The molecule has 0 aliphatic heterocycles. The summed E-state index contributed by atoms with van der Waals surface area (Å²) >= 11 is 0. The SMILES string of the molecule is COc1ccnc(CNC(C)CN(C)C)c1OC. The third kappa shape index (κ3) is 4.16. The van der Waals surface area contributed by atoms with E-state index in [2.05, 4.69) is 36.2 Å². The van der Waals surface area contributed by atoms with Gasteiger partial charge in [0, 0.05) is 31.4 Å². The van der Waals surface area contributed by atoms with Crippen molar-refractivity contribution in [1.82, 2.24) is 15.2 Å².